The van der Waals surface area contributed by atoms with Gasteiger partial charge >= 0.3 is 0 Å². The molecule has 5 aromatic rings. The maximum atomic E-state index is 13.6. The van der Waals surface area contributed by atoms with Crippen LogP contribution in [0.1, 0.15) is 56.2 Å². The minimum Gasteiger partial charge on any atom is -0.497 e. The zero-order valence-electron chi connectivity index (χ0n) is 29.9. The molecule has 0 aliphatic heterocycles. The summed E-state index contributed by atoms with van der Waals surface area (Å²) in [5.41, 5.74) is 6.21. The van der Waals surface area contributed by atoms with Gasteiger partial charge in [0, 0.05) is 53.5 Å². The Labute approximate surface area is 305 Å². The summed E-state index contributed by atoms with van der Waals surface area (Å²) in [6, 6.07) is 12.7. The Hall–Kier alpha value is -5.56. The Bertz CT molecular complexity index is 2160. The molecule has 3 aromatic carbocycles. The molecule has 0 saturated heterocycles. The van der Waals surface area contributed by atoms with Crippen molar-refractivity contribution in [2.24, 2.45) is 0 Å². The van der Waals surface area contributed by atoms with Crippen LogP contribution in [0.2, 0.25) is 0 Å². The molecule has 1 aliphatic carbocycles. The van der Waals surface area contributed by atoms with E-state index in [2.05, 4.69) is 25.9 Å². The number of aromatic nitrogens is 2. The average molecular weight is 726 g/mol. The number of aryl methyl sites for hydroxylation is 1. The van der Waals surface area contributed by atoms with Gasteiger partial charge in [0.05, 0.1) is 45.9 Å². The molecule has 0 saturated carbocycles. The number of carbonyl (C=O) groups is 2. The number of carbonyl (C=O) groups excluding carboxylic acids is 2. The fourth-order valence-corrected chi connectivity index (χ4v) is 7.47. The van der Waals surface area contributed by atoms with Crippen molar-refractivity contribution in [2.45, 2.75) is 51.5 Å². The number of methoxy groups -OCH3 is 4. The summed E-state index contributed by atoms with van der Waals surface area (Å²) in [5.74, 6) is 1.99. The van der Waals surface area contributed by atoms with Gasteiger partial charge < -0.3 is 39.9 Å². The maximum absolute atomic E-state index is 13.6. The summed E-state index contributed by atoms with van der Waals surface area (Å²) >= 11 is 1.39. The standard InChI is InChI=1S/C39H43N5O7S/c1-22(45)42-30-13-10-23-17-34(49-3)37(50-4)38(51-5)36(23)25-12-15-31(33(46)19-27(25)30)40-16-8-6-7-9-35(47)44-39-43-32(21-52-39)28-20-41-29-14-11-24(48-2)18-26(28)29/h11-12,14-15,17-21,30,41H,6-10,13,16H2,1-5H3,(H,40,46)(H,42,45)(H,43,44,47)/t30-/m0/s1. The Morgan fingerprint density at radius 3 is 2.52 bits per heavy atom. The van der Waals surface area contributed by atoms with Gasteiger partial charge in [-0.15, -0.1) is 11.3 Å². The topological polar surface area (TPSA) is 153 Å². The SMILES string of the molecule is COc1ccc2[nH]cc(-c3csc(NC(=O)CCCCCNc4ccc5c(cc4=O)[C@@H](NC(C)=O)CCc4cc(OC)c(OC)c(OC)c4-5)n3)c2c1. The van der Waals surface area contributed by atoms with E-state index in [1.807, 2.05) is 41.9 Å². The van der Waals surface area contributed by atoms with E-state index in [-0.39, 0.29) is 23.3 Å². The first-order chi connectivity index (χ1) is 25.2. The Morgan fingerprint density at radius 2 is 1.77 bits per heavy atom. The molecule has 0 unspecified atom stereocenters. The van der Waals surface area contributed by atoms with Crippen LogP contribution in [-0.2, 0) is 16.0 Å². The number of aromatic amines is 1. The van der Waals surface area contributed by atoms with Crippen LogP contribution >= 0.6 is 11.3 Å². The highest BCUT2D eigenvalue weighted by atomic mass is 32.1. The second kappa shape index (κ2) is 16.2. The van der Waals surface area contributed by atoms with Crippen molar-refractivity contribution in [1.82, 2.24) is 15.3 Å². The third-order valence-corrected chi connectivity index (χ3v) is 9.99. The number of unbranched alkanes of at least 4 members (excludes halogenated alkanes) is 2. The van der Waals surface area contributed by atoms with E-state index in [9.17, 15) is 14.4 Å². The Morgan fingerprint density at radius 1 is 0.942 bits per heavy atom. The minimum absolute atomic E-state index is 0.0911. The number of nitrogens with one attached hydrogen (secondary N) is 4. The summed E-state index contributed by atoms with van der Waals surface area (Å²) < 4.78 is 22.5. The quantitative estimate of drug-likeness (QED) is 0.0880. The zero-order valence-corrected chi connectivity index (χ0v) is 30.8. The normalized spacial score (nSPS) is 13.4. The highest BCUT2D eigenvalue weighted by Crippen LogP contribution is 2.50. The van der Waals surface area contributed by atoms with Crippen molar-refractivity contribution in [2.75, 3.05) is 45.6 Å². The van der Waals surface area contributed by atoms with Gasteiger partial charge in [0.1, 0.15) is 5.75 Å². The van der Waals surface area contributed by atoms with Crippen LogP contribution in [0.15, 0.2) is 58.8 Å². The van der Waals surface area contributed by atoms with E-state index in [0.717, 1.165) is 57.4 Å². The van der Waals surface area contributed by atoms with Crippen molar-refractivity contribution in [3.63, 3.8) is 0 Å². The Balaban J connectivity index is 1.08. The first kappa shape index (κ1) is 36.2. The van der Waals surface area contributed by atoms with Gasteiger partial charge in [-0.3, -0.25) is 14.4 Å². The molecule has 12 nitrogen and oxygen atoms in total. The lowest BCUT2D eigenvalue weighted by Crippen LogP contribution is -2.26. The fraction of sp³-hybridized carbons (Fsp3) is 0.333. The Kier molecular flexibility index (Phi) is 11.3. The van der Waals surface area contributed by atoms with Gasteiger partial charge in [-0.2, -0.15) is 0 Å². The predicted molar refractivity (Wildman–Crippen MR) is 204 cm³/mol. The lowest BCUT2D eigenvalue weighted by Gasteiger charge is -2.19. The molecule has 0 spiro atoms. The highest BCUT2D eigenvalue weighted by Gasteiger charge is 2.29. The lowest BCUT2D eigenvalue weighted by molar-refractivity contribution is -0.119. The summed E-state index contributed by atoms with van der Waals surface area (Å²) in [5, 5.41) is 12.7. The number of thiazole rings is 1. The van der Waals surface area contributed by atoms with Crippen LogP contribution in [0.25, 0.3) is 33.3 Å². The second-order valence-corrected chi connectivity index (χ2v) is 13.4. The molecule has 1 atom stereocenters. The van der Waals surface area contributed by atoms with Crippen molar-refractivity contribution < 1.29 is 28.5 Å². The van der Waals surface area contributed by atoms with Crippen LogP contribution in [0.4, 0.5) is 10.8 Å². The van der Waals surface area contributed by atoms with E-state index in [0.29, 0.717) is 65.9 Å². The van der Waals surface area contributed by atoms with Crippen LogP contribution in [-0.4, -0.2) is 56.8 Å². The molecule has 0 fully saturated rings. The molecule has 1 aliphatic rings. The number of H-pyrrole nitrogens is 1. The van der Waals surface area contributed by atoms with Gasteiger partial charge in [0.2, 0.25) is 23.0 Å². The molecule has 0 radical (unpaired) electrons. The number of amides is 2. The third-order valence-electron chi connectivity index (χ3n) is 9.23. The van der Waals surface area contributed by atoms with Crippen LogP contribution in [0, 0.1) is 0 Å². The van der Waals surface area contributed by atoms with Gasteiger partial charge in [-0.1, -0.05) is 12.5 Å². The number of ether oxygens (including phenoxy) is 4. The summed E-state index contributed by atoms with van der Waals surface area (Å²) in [7, 11) is 6.35. The molecule has 0 bridgehead atoms. The fourth-order valence-electron chi connectivity index (χ4n) is 6.74. The molecule has 272 valence electrons. The van der Waals surface area contributed by atoms with Crippen LogP contribution in [0.5, 0.6) is 23.0 Å². The first-order valence-corrected chi connectivity index (χ1v) is 18.0. The molecule has 52 heavy (non-hydrogen) atoms. The zero-order chi connectivity index (χ0) is 36.8. The number of fused-ring (bicyclic) bond motifs is 4. The third kappa shape index (κ3) is 7.69. The van der Waals surface area contributed by atoms with Crippen LogP contribution in [0.3, 0.4) is 0 Å². The van der Waals surface area contributed by atoms with Crippen LogP contribution < -0.4 is 40.3 Å². The van der Waals surface area contributed by atoms with E-state index in [1.165, 1.54) is 18.3 Å². The smallest absolute Gasteiger partial charge is 0.226 e. The molecule has 2 amide bonds. The minimum atomic E-state index is -0.380. The van der Waals surface area contributed by atoms with Crippen molar-refractivity contribution in [1.29, 1.82) is 0 Å². The summed E-state index contributed by atoms with van der Waals surface area (Å²) in [6.45, 7) is 2.03. The van der Waals surface area contributed by atoms with E-state index in [1.54, 1.807) is 40.6 Å². The number of hydrogen-bond acceptors (Lipinski definition) is 10. The second-order valence-electron chi connectivity index (χ2n) is 12.5. The number of anilines is 2. The average Bonchev–Trinajstić information content (AvgIpc) is 3.71. The lowest BCUT2D eigenvalue weighted by atomic mass is 9.95. The van der Waals surface area contributed by atoms with E-state index < -0.39 is 0 Å². The molecule has 2 aromatic heterocycles. The molecular formula is C39H43N5O7S. The predicted octanol–water partition coefficient (Wildman–Crippen LogP) is 7.09. The van der Waals surface area contributed by atoms with Crippen molar-refractivity contribution in [3.05, 3.63) is 75.4 Å². The largest absolute Gasteiger partial charge is 0.497 e. The molecule has 13 heteroatoms. The highest BCUT2D eigenvalue weighted by molar-refractivity contribution is 7.14. The molecule has 2 heterocycles. The first-order valence-electron chi connectivity index (χ1n) is 17.2. The van der Waals surface area contributed by atoms with Gasteiger partial charge in [-0.25, -0.2) is 4.98 Å². The molecule has 4 N–H and O–H groups in total. The van der Waals surface area contributed by atoms with E-state index in [4.69, 9.17) is 18.9 Å². The maximum Gasteiger partial charge on any atom is 0.226 e. The van der Waals surface area contributed by atoms with Gasteiger partial charge in [0.25, 0.3) is 0 Å². The van der Waals surface area contributed by atoms with Gasteiger partial charge in [-0.05, 0) is 78.8 Å². The summed E-state index contributed by atoms with van der Waals surface area (Å²) in [6.07, 6.45) is 5.72. The monoisotopic (exact) mass is 725 g/mol. The van der Waals surface area contributed by atoms with Crippen molar-refractivity contribution in [3.8, 4) is 45.4 Å². The summed E-state index contributed by atoms with van der Waals surface area (Å²) in [4.78, 5) is 46.4. The number of hydrogen-bond donors (Lipinski definition) is 4. The van der Waals surface area contributed by atoms with E-state index >= 15 is 0 Å². The number of nitrogens with zero attached hydrogens (tertiary/aromatic N) is 1. The van der Waals surface area contributed by atoms with Gasteiger partial charge in [0.15, 0.2) is 16.6 Å². The number of benzene rings is 2. The number of rotatable bonds is 14. The molecule has 6 rings (SSSR count). The molecular weight excluding hydrogens is 683 g/mol. The van der Waals surface area contributed by atoms with Crippen molar-refractivity contribution >= 4 is 44.9 Å².